The van der Waals surface area contributed by atoms with Crippen molar-refractivity contribution in [1.29, 1.82) is 0 Å². The van der Waals surface area contributed by atoms with Gasteiger partial charge in [-0.05, 0) is 74.7 Å². The number of hydrogen-bond acceptors (Lipinski definition) is 0. The summed E-state index contributed by atoms with van der Waals surface area (Å²) < 4.78 is 128. The molecule has 4 rings (SSSR count). The molecule has 0 nitrogen and oxygen atoms in total. The molecule has 0 saturated heterocycles. The fraction of sp³-hybridized carbons (Fsp3) is 0.226. The lowest BCUT2D eigenvalue weighted by Crippen LogP contribution is -2.15. The van der Waals surface area contributed by atoms with E-state index in [1.807, 2.05) is 0 Å². The van der Waals surface area contributed by atoms with E-state index in [-0.39, 0.29) is 16.7 Å². The van der Waals surface area contributed by atoms with Gasteiger partial charge in [-0.15, -0.1) is 0 Å². The van der Waals surface area contributed by atoms with Crippen molar-refractivity contribution in [2.24, 2.45) is 0 Å². The maximum absolute atomic E-state index is 14.2. The van der Waals surface area contributed by atoms with Crippen molar-refractivity contribution < 1.29 is 39.5 Å². The molecule has 9 heteroatoms. The highest BCUT2D eigenvalue weighted by Gasteiger charge is 2.39. The van der Waals surface area contributed by atoms with Crippen LogP contribution in [0, 0.1) is 0 Å². The fourth-order valence-corrected chi connectivity index (χ4v) is 4.67. The second kappa shape index (κ2) is 10.0. The summed E-state index contributed by atoms with van der Waals surface area (Å²) in [5, 5.41) is 0. The smallest absolute Gasteiger partial charge is 0.166 e. The zero-order valence-electron chi connectivity index (χ0n) is 21.5. The molecule has 0 spiro atoms. The molecule has 0 heterocycles. The first-order chi connectivity index (χ1) is 18.4. The molecule has 40 heavy (non-hydrogen) atoms. The molecule has 4 aromatic rings. The Morgan fingerprint density at radius 3 is 1.02 bits per heavy atom. The highest BCUT2D eigenvalue weighted by atomic mass is 19.4. The molecule has 0 aliphatic rings. The molecule has 0 radical (unpaired) electrons. The molecule has 0 amide bonds. The van der Waals surface area contributed by atoms with Crippen LogP contribution < -0.4 is 0 Å². The van der Waals surface area contributed by atoms with E-state index in [0.29, 0.717) is 5.56 Å². The zero-order valence-corrected chi connectivity index (χ0v) is 21.5. The largest absolute Gasteiger partial charge is 0.417 e. The molecule has 4 aromatic carbocycles. The predicted molar refractivity (Wildman–Crippen MR) is 136 cm³/mol. The van der Waals surface area contributed by atoms with E-state index in [0.717, 1.165) is 54.6 Å². The van der Waals surface area contributed by atoms with Crippen molar-refractivity contribution in [2.45, 2.75) is 44.7 Å². The predicted octanol–water partition coefficient (Wildman–Crippen LogP) is 11.0. The van der Waals surface area contributed by atoms with Crippen molar-refractivity contribution in [2.75, 3.05) is 0 Å². The third kappa shape index (κ3) is 5.74. The normalized spacial score (nSPS) is 13.0. The first kappa shape index (κ1) is 29.2. The molecule has 0 aromatic heterocycles. The molecular formula is C31H23F9. The van der Waals surface area contributed by atoms with Crippen LogP contribution >= 0.6 is 0 Å². The van der Waals surface area contributed by atoms with Crippen LogP contribution in [0.2, 0.25) is 0 Å². The van der Waals surface area contributed by atoms with E-state index in [1.54, 1.807) is 20.8 Å². The van der Waals surface area contributed by atoms with Crippen LogP contribution in [0.25, 0.3) is 33.4 Å². The molecule has 0 unspecified atom stereocenters. The van der Waals surface area contributed by atoms with Crippen LogP contribution in [0.1, 0.15) is 43.0 Å². The highest BCUT2D eigenvalue weighted by Crippen LogP contribution is 2.50. The van der Waals surface area contributed by atoms with Crippen LogP contribution in [-0.2, 0) is 23.9 Å². The second-order valence-corrected chi connectivity index (χ2v) is 10.3. The molecule has 0 saturated carbocycles. The van der Waals surface area contributed by atoms with E-state index < -0.39 is 57.3 Å². The third-order valence-electron chi connectivity index (χ3n) is 6.55. The molecule has 0 atom stereocenters. The first-order valence-electron chi connectivity index (χ1n) is 12.1. The van der Waals surface area contributed by atoms with Gasteiger partial charge in [0.2, 0.25) is 0 Å². The Kier molecular flexibility index (Phi) is 7.32. The van der Waals surface area contributed by atoms with Crippen LogP contribution in [0.5, 0.6) is 0 Å². The maximum atomic E-state index is 14.2. The van der Waals surface area contributed by atoms with Gasteiger partial charge in [0.1, 0.15) is 0 Å². The van der Waals surface area contributed by atoms with Crippen molar-refractivity contribution in [1.82, 2.24) is 0 Å². The Hall–Kier alpha value is -3.75. The van der Waals surface area contributed by atoms with Crippen LogP contribution in [-0.4, -0.2) is 0 Å². The van der Waals surface area contributed by atoms with E-state index in [1.165, 1.54) is 30.3 Å². The Bertz CT molecular complexity index is 1450. The summed E-state index contributed by atoms with van der Waals surface area (Å²) in [6, 6.07) is 15.6. The summed E-state index contributed by atoms with van der Waals surface area (Å²) in [7, 11) is 0. The lowest BCUT2D eigenvalue weighted by Gasteiger charge is -2.27. The van der Waals surface area contributed by atoms with Gasteiger partial charge < -0.3 is 0 Å². The van der Waals surface area contributed by atoms with E-state index in [2.05, 4.69) is 0 Å². The van der Waals surface area contributed by atoms with Crippen LogP contribution in [0.4, 0.5) is 39.5 Å². The number of halogens is 9. The second-order valence-electron chi connectivity index (χ2n) is 10.3. The maximum Gasteiger partial charge on any atom is 0.417 e. The monoisotopic (exact) mass is 566 g/mol. The topological polar surface area (TPSA) is 0 Å². The first-order valence-corrected chi connectivity index (χ1v) is 12.1. The quantitative estimate of drug-likeness (QED) is 0.217. The van der Waals surface area contributed by atoms with Gasteiger partial charge in [-0.25, -0.2) is 0 Å². The van der Waals surface area contributed by atoms with Crippen molar-refractivity contribution in [3.63, 3.8) is 0 Å². The van der Waals surface area contributed by atoms with Gasteiger partial charge in [-0.1, -0.05) is 75.4 Å². The summed E-state index contributed by atoms with van der Waals surface area (Å²) in [5.41, 5.74) is -6.20. The average Bonchev–Trinajstić information content (AvgIpc) is 2.86. The highest BCUT2D eigenvalue weighted by molar-refractivity contribution is 5.97. The minimum absolute atomic E-state index is 0.260. The van der Waals surface area contributed by atoms with Crippen molar-refractivity contribution in [3.05, 3.63) is 107 Å². The molecule has 0 aliphatic heterocycles. The summed E-state index contributed by atoms with van der Waals surface area (Å²) in [6.45, 7) is 5.14. The molecule has 0 aliphatic carbocycles. The molecule has 0 bridgehead atoms. The summed E-state index contributed by atoms with van der Waals surface area (Å²) in [5.74, 6) is 0. The molecule has 0 N–H and O–H groups in total. The summed E-state index contributed by atoms with van der Waals surface area (Å²) >= 11 is 0. The molecule has 210 valence electrons. The number of alkyl halides is 9. The lowest BCUT2D eigenvalue weighted by atomic mass is 9.77. The van der Waals surface area contributed by atoms with Gasteiger partial charge in [0.25, 0.3) is 0 Å². The third-order valence-corrected chi connectivity index (χ3v) is 6.55. The van der Waals surface area contributed by atoms with Gasteiger partial charge in [-0.2, -0.15) is 39.5 Å². The van der Waals surface area contributed by atoms with Gasteiger partial charge in [0.05, 0.1) is 16.7 Å². The Morgan fingerprint density at radius 1 is 0.400 bits per heavy atom. The van der Waals surface area contributed by atoms with E-state index >= 15 is 0 Å². The zero-order chi connectivity index (χ0) is 29.7. The van der Waals surface area contributed by atoms with E-state index in [9.17, 15) is 39.5 Å². The summed E-state index contributed by atoms with van der Waals surface area (Å²) in [4.78, 5) is 0. The van der Waals surface area contributed by atoms with Crippen LogP contribution in [0.3, 0.4) is 0 Å². The van der Waals surface area contributed by atoms with E-state index in [4.69, 9.17) is 0 Å². The average molecular weight is 567 g/mol. The van der Waals surface area contributed by atoms with Crippen molar-refractivity contribution >= 4 is 0 Å². The molecular weight excluding hydrogens is 543 g/mol. The lowest BCUT2D eigenvalue weighted by molar-refractivity contribution is -0.138. The van der Waals surface area contributed by atoms with Gasteiger partial charge >= 0.3 is 18.5 Å². The minimum Gasteiger partial charge on any atom is -0.166 e. The summed E-state index contributed by atoms with van der Waals surface area (Å²) in [6.07, 6.45) is -14.7. The minimum atomic E-state index is -4.94. The van der Waals surface area contributed by atoms with Crippen molar-refractivity contribution in [3.8, 4) is 33.4 Å². The Balaban J connectivity index is 2.31. The fourth-order valence-electron chi connectivity index (χ4n) is 4.67. The Morgan fingerprint density at radius 2 is 0.700 bits per heavy atom. The number of hydrogen-bond donors (Lipinski definition) is 0. The standard InChI is InChI=1S/C31H23F9/c1-28(2,3)18-16-22(19-10-4-7-13-24(19)29(32,33)34)27(21-12-6-9-15-26(21)31(38,39)40)23(17-18)20-11-5-8-14-25(20)30(35,36)37/h4-17H,1-3H3. The van der Waals surface area contributed by atoms with Gasteiger partial charge in [0.15, 0.2) is 0 Å². The van der Waals surface area contributed by atoms with Crippen LogP contribution in [0.15, 0.2) is 84.9 Å². The Labute approximate surface area is 225 Å². The number of benzene rings is 4. The SMILES string of the molecule is CC(C)(C)c1cc(-c2ccccc2C(F)(F)F)c(-c2ccccc2C(F)(F)F)c(-c2ccccc2C(F)(F)F)c1. The number of rotatable bonds is 3. The van der Waals surface area contributed by atoms with Gasteiger partial charge in [-0.3, -0.25) is 0 Å². The molecule has 0 fully saturated rings. The van der Waals surface area contributed by atoms with Gasteiger partial charge in [0, 0.05) is 0 Å².